The lowest BCUT2D eigenvalue weighted by atomic mass is 9.85. The number of hydrogen-bond acceptors (Lipinski definition) is 2. The van der Waals surface area contributed by atoms with Crippen molar-refractivity contribution in [2.45, 2.75) is 26.2 Å². The molecule has 0 spiro atoms. The summed E-state index contributed by atoms with van der Waals surface area (Å²) in [6.45, 7) is 6.49. The zero-order valence-electron chi connectivity index (χ0n) is 9.95. The molecule has 2 heteroatoms. The highest BCUT2D eigenvalue weighted by atomic mass is 16.3. The van der Waals surface area contributed by atoms with Gasteiger partial charge in [0.1, 0.15) is 0 Å². The Bertz CT molecular complexity index is 478. The Hall–Kier alpha value is -1.70. The van der Waals surface area contributed by atoms with Gasteiger partial charge in [-0.05, 0) is 28.7 Å². The second-order valence-electron chi connectivity index (χ2n) is 5.06. The van der Waals surface area contributed by atoms with Gasteiger partial charge in [-0.2, -0.15) is 0 Å². The zero-order chi connectivity index (χ0) is 11.8. The third-order valence-electron chi connectivity index (χ3n) is 2.71. The van der Waals surface area contributed by atoms with E-state index in [1.54, 1.807) is 12.5 Å². The zero-order valence-corrected chi connectivity index (χ0v) is 9.95. The van der Waals surface area contributed by atoms with Crippen LogP contribution in [0.5, 0.6) is 0 Å². The van der Waals surface area contributed by atoms with Gasteiger partial charge in [0.2, 0.25) is 0 Å². The van der Waals surface area contributed by atoms with Crippen molar-refractivity contribution < 1.29 is 4.42 Å². The van der Waals surface area contributed by atoms with E-state index in [-0.39, 0.29) is 5.41 Å². The number of furan rings is 1. The molecule has 0 amide bonds. The quantitative estimate of drug-likeness (QED) is 0.734. The third kappa shape index (κ3) is 1.96. The maximum atomic E-state index is 6.08. The van der Waals surface area contributed by atoms with Crippen LogP contribution in [0.25, 0.3) is 11.1 Å². The first-order valence-corrected chi connectivity index (χ1v) is 5.41. The molecule has 2 aromatic rings. The van der Waals surface area contributed by atoms with Gasteiger partial charge in [-0.1, -0.05) is 32.9 Å². The van der Waals surface area contributed by atoms with Crippen molar-refractivity contribution in [2.24, 2.45) is 0 Å². The predicted molar refractivity (Wildman–Crippen MR) is 67.3 cm³/mol. The van der Waals surface area contributed by atoms with Crippen molar-refractivity contribution in [1.82, 2.24) is 0 Å². The molecular formula is C14H17NO. The van der Waals surface area contributed by atoms with Crippen LogP contribution in [-0.4, -0.2) is 0 Å². The Kier molecular flexibility index (Phi) is 2.50. The molecule has 1 aromatic carbocycles. The first-order valence-electron chi connectivity index (χ1n) is 5.41. The molecule has 0 aliphatic carbocycles. The molecular weight excluding hydrogens is 198 g/mol. The maximum Gasteiger partial charge on any atom is 0.0980 e. The van der Waals surface area contributed by atoms with Crippen LogP contribution in [0.15, 0.2) is 41.2 Å². The van der Waals surface area contributed by atoms with Crippen LogP contribution in [-0.2, 0) is 5.41 Å². The van der Waals surface area contributed by atoms with E-state index in [4.69, 9.17) is 10.2 Å². The van der Waals surface area contributed by atoms with E-state index in [9.17, 15) is 0 Å². The molecule has 0 radical (unpaired) electrons. The molecule has 0 aliphatic heterocycles. The second kappa shape index (κ2) is 3.71. The molecule has 1 heterocycles. The summed E-state index contributed by atoms with van der Waals surface area (Å²) in [6.07, 6.45) is 3.40. The van der Waals surface area contributed by atoms with Gasteiger partial charge in [0.15, 0.2) is 0 Å². The van der Waals surface area contributed by atoms with Gasteiger partial charge in [-0.25, -0.2) is 0 Å². The standard InChI is InChI=1S/C14H17NO/c1-14(2,3)12-5-4-10(8-13(12)15)11-6-7-16-9-11/h4-9H,15H2,1-3H3. The van der Waals surface area contributed by atoms with Gasteiger partial charge in [-0.3, -0.25) is 0 Å². The predicted octanol–water partition coefficient (Wildman–Crippen LogP) is 3.83. The average Bonchev–Trinajstić information content (AvgIpc) is 2.68. The third-order valence-corrected chi connectivity index (χ3v) is 2.71. The molecule has 2 N–H and O–H groups in total. The summed E-state index contributed by atoms with van der Waals surface area (Å²) in [7, 11) is 0. The molecule has 0 saturated heterocycles. The Morgan fingerprint density at radius 3 is 2.31 bits per heavy atom. The van der Waals surface area contributed by atoms with Crippen molar-refractivity contribution in [2.75, 3.05) is 5.73 Å². The summed E-state index contributed by atoms with van der Waals surface area (Å²) in [4.78, 5) is 0. The van der Waals surface area contributed by atoms with E-state index in [0.717, 1.165) is 16.8 Å². The van der Waals surface area contributed by atoms with Crippen molar-refractivity contribution in [3.8, 4) is 11.1 Å². The molecule has 84 valence electrons. The van der Waals surface area contributed by atoms with E-state index in [1.165, 1.54) is 5.56 Å². The summed E-state index contributed by atoms with van der Waals surface area (Å²) in [6, 6.07) is 8.12. The fraction of sp³-hybridized carbons (Fsp3) is 0.286. The van der Waals surface area contributed by atoms with Gasteiger partial charge in [0.25, 0.3) is 0 Å². The minimum Gasteiger partial charge on any atom is -0.472 e. The van der Waals surface area contributed by atoms with E-state index in [2.05, 4.69) is 32.9 Å². The molecule has 2 nitrogen and oxygen atoms in total. The van der Waals surface area contributed by atoms with Gasteiger partial charge in [0.05, 0.1) is 12.5 Å². The molecule has 0 aliphatic rings. The molecule has 0 fully saturated rings. The molecule has 1 aromatic heterocycles. The topological polar surface area (TPSA) is 39.2 Å². The maximum absolute atomic E-state index is 6.08. The molecule has 0 saturated carbocycles. The van der Waals surface area contributed by atoms with Crippen LogP contribution in [0.1, 0.15) is 26.3 Å². The van der Waals surface area contributed by atoms with E-state index in [0.29, 0.717) is 0 Å². The number of hydrogen-bond donors (Lipinski definition) is 1. The van der Waals surface area contributed by atoms with Crippen molar-refractivity contribution >= 4 is 5.69 Å². The monoisotopic (exact) mass is 215 g/mol. The molecule has 16 heavy (non-hydrogen) atoms. The normalized spacial score (nSPS) is 11.7. The molecule has 2 rings (SSSR count). The lowest BCUT2D eigenvalue weighted by Gasteiger charge is -2.21. The largest absolute Gasteiger partial charge is 0.472 e. The fourth-order valence-electron chi connectivity index (χ4n) is 1.85. The second-order valence-corrected chi connectivity index (χ2v) is 5.06. The molecule has 0 bridgehead atoms. The van der Waals surface area contributed by atoms with Crippen LogP contribution in [0.3, 0.4) is 0 Å². The van der Waals surface area contributed by atoms with Crippen LogP contribution < -0.4 is 5.73 Å². The Morgan fingerprint density at radius 2 is 1.81 bits per heavy atom. The van der Waals surface area contributed by atoms with Crippen molar-refractivity contribution in [3.05, 3.63) is 42.4 Å². The highest BCUT2D eigenvalue weighted by molar-refractivity contribution is 5.68. The van der Waals surface area contributed by atoms with Crippen molar-refractivity contribution in [1.29, 1.82) is 0 Å². The highest BCUT2D eigenvalue weighted by Crippen LogP contribution is 2.31. The van der Waals surface area contributed by atoms with Gasteiger partial charge < -0.3 is 10.2 Å². The SMILES string of the molecule is CC(C)(C)c1ccc(-c2ccoc2)cc1N. The number of nitrogens with two attached hydrogens (primary N) is 1. The number of nitrogen functional groups attached to an aromatic ring is 1. The summed E-state index contributed by atoms with van der Waals surface area (Å²) in [5.41, 5.74) is 10.3. The van der Waals surface area contributed by atoms with Crippen LogP contribution >= 0.6 is 0 Å². The first kappa shape index (κ1) is 10.8. The summed E-state index contributed by atoms with van der Waals surface area (Å²) in [5, 5.41) is 0. The smallest absolute Gasteiger partial charge is 0.0980 e. The van der Waals surface area contributed by atoms with E-state index in [1.807, 2.05) is 12.1 Å². The average molecular weight is 215 g/mol. The summed E-state index contributed by atoms with van der Waals surface area (Å²) in [5.74, 6) is 0. The lowest BCUT2D eigenvalue weighted by molar-refractivity contribution is 0.568. The van der Waals surface area contributed by atoms with Crippen LogP contribution in [0.2, 0.25) is 0 Å². The Morgan fingerprint density at radius 1 is 1.06 bits per heavy atom. The summed E-state index contributed by atoms with van der Waals surface area (Å²) < 4.78 is 5.07. The number of benzene rings is 1. The van der Waals surface area contributed by atoms with Gasteiger partial charge in [-0.15, -0.1) is 0 Å². The van der Waals surface area contributed by atoms with Crippen molar-refractivity contribution in [3.63, 3.8) is 0 Å². The van der Waals surface area contributed by atoms with E-state index >= 15 is 0 Å². The van der Waals surface area contributed by atoms with Gasteiger partial charge >= 0.3 is 0 Å². The van der Waals surface area contributed by atoms with Gasteiger partial charge in [0, 0.05) is 11.3 Å². The number of rotatable bonds is 1. The van der Waals surface area contributed by atoms with E-state index < -0.39 is 0 Å². The minimum absolute atomic E-state index is 0.0824. The first-order chi connectivity index (χ1) is 7.48. The minimum atomic E-state index is 0.0824. The van der Waals surface area contributed by atoms with Crippen LogP contribution in [0, 0.1) is 0 Å². The molecule has 0 atom stereocenters. The van der Waals surface area contributed by atoms with Crippen LogP contribution in [0.4, 0.5) is 5.69 Å². The summed E-state index contributed by atoms with van der Waals surface area (Å²) >= 11 is 0. The molecule has 0 unspecified atom stereocenters. The Labute approximate surface area is 96.1 Å². The highest BCUT2D eigenvalue weighted by Gasteiger charge is 2.17. The fourth-order valence-corrected chi connectivity index (χ4v) is 1.85. The number of anilines is 1. The Balaban J connectivity index is 2.45. The lowest BCUT2D eigenvalue weighted by Crippen LogP contribution is -2.13.